The Balaban J connectivity index is 2.00. The summed E-state index contributed by atoms with van der Waals surface area (Å²) in [4.78, 5) is 14.6. The molecule has 0 radical (unpaired) electrons. The lowest BCUT2D eigenvalue weighted by molar-refractivity contribution is -0.141. The number of nitrogens with two attached hydrogens (primary N) is 1. The van der Waals surface area contributed by atoms with Crippen LogP contribution in [0.1, 0.15) is 32.6 Å². The van der Waals surface area contributed by atoms with Crippen LogP contribution in [0, 0.1) is 11.8 Å². The molecule has 4 nitrogen and oxygen atoms in total. The molecule has 0 aromatic carbocycles. The van der Waals surface area contributed by atoms with Gasteiger partial charge in [-0.25, -0.2) is 0 Å². The molecule has 0 aliphatic carbocycles. The minimum atomic E-state index is 0.232. The van der Waals surface area contributed by atoms with Crippen LogP contribution in [0.3, 0.4) is 0 Å². The topological polar surface area (TPSA) is 58.4 Å². The second-order valence-electron chi connectivity index (χ2n) is 5.48. The molecular weight excluding hydrogens is 214 g/mol. The monoisotopic (exact) mass is 239 g/mol. The Labute approximate surface area is 104 Å². The second-order valence-corrected chi connectivity index (χ2v) is 5.48. The van der Waals surface area contributed by atoms with Crippen molar-refractivity contribution in [3.63, 3.8) is 0 Å². The minimum Gasteiger partial charge on any atom is -0.338 e. The van der Waals surface area contributed by atoms with Crippen LogP contribution in [0.25, 0.3) is 0 Å². The second kappa shape index (κ2) is 5.83. The summed E-state index contributed by atoms with van der Waals surface area (Å²) in [6.45, 7) is 5.70. The van der Waals surface area contributed by atoms with E-state index >= 15 is 0 Å². The van der Waals surface area contributed by atoms with Gasteiger partial charge in [0.1, 0.15) is 0 Å². The van der Waals surface area contributed by atoms with Gasteiger partial charge in [0.15, 0.2) is 0 Å². The van der Waals surface area contributed by atoms with Crippen molar-refractivity contribution in [2.24, 2.45) is 17.6 Å². The fourth-order valence-corrected chi connectivity index (χ4v) is 3.19. The van der Waals surface area contributed by atoms with Gasteiger partial charge in [-0.1, -0.05) is 6.92 Å². The molecule has 17 heavy (non-hydrogen) atoms. The van der Waals surface area contributed by atoms with Crippen molar-refractivity contribution in [1.82, 2.24) is 10.2 Å². The summed E-state index contributed by atoms with van der Waals surface area (Å²) in [5, 5.41) is 3.31. The number of nitrogens with one attached hydrogen (secondary N) is 1. The van der Waals surface area contributed by atoms with Crippen LogP contribution in [0.4, 0.5) is 0 Å². The van der Waals surface area contributed by atoms with E-state index in [4.69, 9.17) is 5.73 Å². The van der Waals surface area contributed by atoms with E-state index in [2.05, 4.69) is 17.1 Å². The van der Waals surface area contributed by atoms with Crippen LogP contribution in [0.2, 0.25) is 0 Å². The smallest absolute Gasteiger partial charge is 0.226 e. The number of nitrogens with zero attached hydrogens (tertiary/aromatic N) is 1. The summed E-state index contributed by atoms with van der Waals surface area (Å²) < 4.78 is 0. The Bertz CT molecular complexity index is 263. The molecule has 2 heterocycles. The van der Waals surface area contributed by atoms with Crippen molar-refractivity contribution >= 4 is 5.91 Å². The van der Waals surface area contributed by atoms with E-state index in [1.807, 2.05) is 0 Å². The normalized spacial score (nSPS) is 31.5. The van der Waals surface area contributed by atoms with Crippen LogP contribution in [-0.4, -0.2) is 43.0 Å². The van der Waals surface area contributed by atoms with Gasteiger partial charge in [0.25, 0.3) is 0 Å². The molecule has 0 unspecified atom stereocenters. The number of carbonyl (C=O) groups is 1. The van der Waals surface area contributed by atoms with Crippen molar-refractivity contribution in [2.45, 2.75) is 38.6 Å². The Hall–Kier alpha value is -0.610. The number of carbonyl (C=O) groups excluding carboxylic acids is 1. The molecule has 4 heteroatoms. The Morgan fingerprint density at radius 1 is 1.35 bits per heavy atom. The van der Waals surface area contributed by atoms with E-state index in [-0.39, 0.29) is 12.0 Å². The number of piperidine rings is 2. The number of rotatable bonds is 2. The lowest BCUT2D eigenvalue weighted by Crippen LogP contribution is -2.54. The fraction of sp³-hybridized carbons (Fsp3) is 0.923. The molecule has 0 spiro atoms. The Morgan fingerprint density at radius 2 is 2.06 bits per heavy atom. The van der Waals surface area contributed by atoms with E-state index in [0.29, 0.717) is 18.4 Å². The highest BCUT2D eigenvalue weighted by atomic mass is 16.2. The first-order valence-electron chi connectivity index (χ1n) is 6.95. The molecule has 2 saturated heterocycles. The number of likely N-dealkylation sites (tertiary alicyclic amines) is 1. The van der Waals surface area contributed by atoms with Gasteiger partial charge in [-0.15, -0.1) is 0 Å². The van der Waals surface area contributed by atoms with Gasteiger partial charge in [-0.05, 0) is 44.7 Å². The number of hydrogen-bond donors (Lipinski definition) is 2. The van der Waals surface area contributed by atoms with Gasteiger partial charge in [-0.3, -0.25) is 4.79 Å². The number of hydrogen-bond acceptors (Lipinski definition) is 3. The fourth-order valence-electron chi connectivity index (χ4n) is 3.19. The van der Waals surface area contributed by atoms with Gasteiger partial charge in [0.2, 0.25) is 5.91 Å². The molecule has 2 aliphatic rings. The third kappa shape index (κ3) is 2.80. The van der Waals surface area contributed by atoms with Crippen LogP contribution in [-0.2, 0) is 4.79 Å². The largest absolute Gasteiger partial charge is 0.338 e. The van der Waals surface area contributed by atoms with Crippen molar-refractivity contribution in [2.75, 3.05) is 26.2 Å². The lowest BCUT2D eigenvalue weighted by atomic mass is 9.88. The summed E-state index contributed by atoms with van der Waals surface area (Å²) in [7, 11) is 0. The van der Waals surface area contributed by atoms with E-state index < -0.39 is 0 Å². The quantitative estimate of drug-likeness (QED) is 0.741. The molecule has 0 saturated carbocycles. The first kappa shape index (κ1) is 12.8. The molecule has 2 atom stereocenters. The summed E-state index contributed by atoms with van der Waals surface area (Å²) in [6.07, 6.45) is 4.31. The minimum absolute atomic E-state index is 0.232. The first-order valence-corrected chi connectivity index (χ1v) is 6.95. The molecule has 0 bridgehead atoms. The predicted molar refractivity (Wildman–Crippen MR) is 68.5 cm³/mol. The summed E-state index contributed by atoms with van der Waals surface area (Å²) in [5.41, 5.74) is 5.85. The predicted octanol–water partition coefficient (Wildman–Crippen LogP) is 0.572. The van der Waals surface area contributed by atoms with Gasteiger partial charge in [0.05, 0.1) is 0 Å². The zero-order valence-corrected chi connectivity index (χ0v) is 10.8. The Morgan fingerprint density at radius 3 is 2.71 bits per heavy atom. The lowest BCUT2D eigenvalue weighted by Gasteiger charge is -2.41. The van der Waals surface area contributed by atoms with Crippen molar-refractivity contribution in [3.05, 3.63) is 0 Å². The zero-order chi connectivity index (χ0) is 12.3. The summed E-state index contributed by atoms with van der Waals surface area (Å²) in [6, 6.07) is 0.270. The van der Waals surface area contributed by atoms with Crippen LogP contribution in [0.5, 0.6) is 0 Å². The molecule has 1 amide bonds. The highest BCUT2D eigenvalue weighted by Crippen LogP contribution is 2.26. The van der Waals surface area contributed by atoms with Crippen molar-refractivity contribution in [3.8, 4) is 0 Å². The van der Waals surface area contributed by atoms with Gasteiger partial charge in [0, 0.05) is 25.0 Å². The maximum atomic E-state index is 12.5. The molecule has 2 rings (SSSR count). The molecule has 2 fully saturated rings. The average Bonchev–Trinajstić information content (AvgIpc) is 2.38. The maximum absolute atomic E-state index is 12.5. The third-order valence-electron chi connectivity index (χ3n) is 4.33. The van der Waals surface area contributed by atoms with Gasteiger partial charge in [-0.2, -0.15) is 0 Å². The van der Waals surface area contributed by atoms with Crippen LogP contribution < -0.4 is 11.1 Å². The highest BCUT2D eigenvalue weighted by molar-refractivity contribution is 5.79. The van der Waals surface area contributed by atoms with Gasteiger partial charge < -0.3 is 16.0 Å². The average molecular weight is 239 g/mol. The molecule has 0 aromatic heterocycles. The standard InChI is InChI=1S/C13H25N3O/c1-10-3-2-8-16(12(10)9-14)13(17)11-4-6-15-7-5-11/h10-12,15H,2-9,14H2,1H3/t10-,12-/m0/s1. The zero-order valence-electron chi connectivity index (χ0n) is 10.8. The SMILES string of the molecule is C[C@H]1CCCN(C(=O)C2CCNCC2)[C@H]1CN. The van der Waals surface area contributed by atoms with E-state index in [1.54, 1.807) is 0 Å². The van der Waals surface area contributed by atoms with Crippen molar-refractivity contribution < 1.29 is 4.79 Å². The Kier molecular flexibility index (Phi) is 4.40. The molecule has 0 aromatic rings. The van der Waals surface area contributed by atoms with Gasteiger partial charge >= 0.3 is 0 Å². The number of amides is 1. The van der Waals surface area contributed by atoms with E-state index in [1.165, 1.54) is 6.42 Å². The molecule has 2 aliphatic heterocycles. The summed E-state index contributed by atoms with van der Waals surface area (Å²) >= 11 is 0. The van der Waals surface area contributed by atoms with Crippen LogP contribution >= 0.6 is 0 Å². The first-order chi connectivity index (χ1) is 8.24. The van der Waals surface area contributed by atoms with Crippen LogP contribution in [0.15, 0.2) is 0 Å². The molecular formula is C13H25N3O. The van der Waals surface area contributed by atoms with E-state index in [0.717, 1.165) is 38.9 Å². The molecule has 98 valence electrons. The maximum Gasteiger partial charge on any atom is 0.226 e. The summed E-state index contributed by atoms with van der Waals surface area (Å²) in [5.74, 6) is 1.14. The third-order valence-corrected chi connectivity index (χ3v) is 4.33. The van der Waals surface area contributed by atoms with Crippen molar-refractivity contribution in [1.29, 1.82) is 0 Å². The highest BCUT2D eigenvalue weighted by Gasteiger charge is 2.34. The van der Waals surface area contributed by atoms with E-state index in [9.17, 15) is 4.79 Å². The molecule has 3 N–H and O–H groups in total.